The second-order valence-electron chi connectivity index (χ2n) is 6.47. The van der Waals surface area contributed by atoms with Crippen molar-refractivity contribution >= 4 is 40.7 Å². The molecule has 1 aliphatic heterocycles. The molecule has 1 heterocycles. The van der Waals surface area contributed by atoms with E-state index in [1.165, 1.54) is 12.1 Å². The van der Waals surface area contributed by atoms with Gasteiger partial charge in [0.1, 0.15) is 18.1 Å². The van der Waals surface area contributed by atoms with Crippen LogP contribution in [0.2, 0.25) is 10.0 Å². The van der Waals surface area contributed by atoms with Gasteiger partial charge in [0.15, 0.2) is 5.76 Å². The number of halogens is 2. The minimum Gasteiger partial charge on any atom is -0.489 e. The number of nitro benzene ring substituents is 1. The van der Waals surface area contributed by atoms with Gasteiger partial charge in [0, 0.05) is 33.8 Å². The van der Waals surface area contributed by atoms with Crippen molar-refractivity contribution in [3.8, 4) is 11.5 Å². The molecule has 0 unspecified atom stereocenters. The molecule has 0 saturated heterocycles. The molecular weight excluding hydrogens is 429 g/mol. The molecule has 150 valence electrons. The minimum absolute atomic E-state index is 0.0262. The summed E-state index contributed by atoms with van der Waals surface area (Å²) in [6, 6.07) is 15.9. The molecule has 4 rings (SSSR count). The summed E-state index contributed by atoms with van der Waals surface area (Å²) in [6.45, 7) is 0.230. The molecule has 0 aromatic heterocycles. The van der Waals surface area contributed by atoms with Gasteiger partial charge in [-0.05, 0) is 48.0 Å². The first-order chi connectivity index (χ1) is 14.4. The topological polar surface area (TPSA) is 78.7 Å². The van der Waals surface area contributed by atoms with Crippen LogP contribution in [-0.2, 0) is 6.61 Å². The zero-order valence-electron chi connectivity index (χ0n) is 15.3. The highest BCUT2D eigenvalue weighted by Gasteiger charge is 2.27. The number of Topliss-reactive ketones (excluding diaryl/α,β-unsaturated/α-hetero) is 1. The third-order valence-electron chi connectivity index (χ3n) is 4.45. The van der Waals surface area contributed by atoms with Crippen LogP contribution >= 0.6 is 23.2 Å². The van der Waals surface area contributed by atoms with Gasteiger partial charge in [-0.25, -0.2) is 0 Å². The van der Waals surface area contributed by atoms with Crippen LogP contribution in [0.25, 0.3) is 6.08 Å². The largest absolute Gasteiger partial charge is 0.489 e. The fourth-order valence-corrected chi connectivity index (χ4v) is 3.36. The average Bonchev–Trinajstić information content (AvgIpc) is 3.02. The predicted octanol–water partition coefficient (Wildman–Crippen LogP) is 6.10. The number of non-ortho nitro benzene ring substituents is 1. The maximum atomic E-state index is 12.6. The van der Waals surface area contributed by atoms with Crippen molar-refractivity contribution in [1.29, 1.82) is 0 Å². The highest BCUT2D eigenvalue weighted by molar-refractivity contribution is 6.35. The number of hydrogen-bond donors (Lipinski definition) is 0. The number of ether oxygens (including phenoxy) is 2. The van der Waals surface area contributed by atoms with Crippen LogP contribution in [0.15, 0.2) is 66.4 Å². The molecule has 0 spiro atoms. The number of rotatable bonds is 5. The maximum Gasteiger partial charge on any atom is 0.269 e. The molecule has 0 amide bonds. The molecule has 1 aliphatic rings. The molecule has 0 radical (unpaired) electrons. The SMILES string of the molecule is O=C1/C(=C/c2ccc([N+](=O)[O-])cc2)Oc2cc(OCc3ccc(Cl)cc3Cl)ccc21. The van der Waals surface area contributed by atoms with Gasteiger partial charge in [-0.15, -0.1) is 0 Å². The summed E-state index contributed by atoms with van der Waals surface area (Å²) in [4.78, 5) is 22.8. The van der Waals surface area contributed by atoms with Crippen molar-refractivity contribution in [3.05, 3.63) is 103 Å². The Morgan fingerprint density at radius 3 is 2.50 bits per heavy atom. The van der Waals surface area contributed by atoms with Crippen LogP contribution in [0, 0.1) is 10.1 Å². The molecule has 0 atom stereocenters. The number of benzene rings is 3. The molecule has 30 heavy (non-hydrogen) atoms. The Balaban J connectivity index is 1.50. The summed E-state index contributed by atoms with van der Waals surface area (Å²) in [5.41, 5.74) is 1.78. The zero-order valence-corrected chi connectivity index (χ0v) is 16.8. The average molecular weight is 442 g/mol. The first kappa shape index (κ1) is 19.9. The van der Waals surface area contributed by atoms with Gasteiger partial charge in [0.2, 0.25) is 5.78 Å². The van der Waals surface area contributed by atoms with Gasteiger partial charge in [0.05, 0.1) is 10.5 Å². The molecule has 0 aliphatic carbocycles. The van der Waals surface area contributed by atoms with E-state index in [0.29, 0.717) is 32.7 Å². The van der Waals surface area contributed by atoms with Gasteiger partial charge in [-0.2, -0.15) is 0 Å². The highest BCUT2D eigenvalue weighted by atomic mass is 35.5. The standard InChI is InChI=1S/C22H13Cl2NO5/c23-15-4-3-14(19(24)10-15)12-29-17-7-8-18-20(11-17)30-21(22(18)26)9-13-1-5-16(6-2-13)25(27)28/h1-11H,12H2/b21-9-. The molecule has 8 heteroatoms. The summed E-state index contributed by atoms with van der Waals surface area (Å²) >= 11 is 12.0. The van der Waals surface area contributed by atoms with Crippen LogP contribution in [0.3, 0.4) is 0 Å². The number of ketones is 1. The number of hydrogen-bond acceptors (Lipinski definition) is 5. The van der Waals surface area contributed by atoms with E-state index in [9.17, 15) is 14.9 Å². The van der Waals surface area contributed by atoms with Gasteiger partial charge < -0.3 is 9.47 Å². The van der Waals surface area contributed by atoms with E-state index in [1.807, 2.05) is 0 Å². The van der Waals surface area contributed by atoms with Crippen LogP contribution in [-0.4, -0.2) is 10.7 Å². The molecule has 3 aromatic carbocycles. The lowest BCUT2D eigenvalue weighted by molar-refractivity contribution is -0.384. The highest BCUT2D eigenvalue weighted by Crippen LogP contribution is 2.35. The van der Waals surface area contributed by atoms with Crippen LogP contribution < -0.4 is 9.47 Å². The zero-order chi connectivity index (χ0) is 21.3. The Morgan fingerprint density at radius 2 is 1.80 bits per heavy atom. The first-order valence-electron chi connectivity index (χ1n) is 8.80. The lowest BCUT2D eigenvalue weighted by atomic mass is 10.1. The first-order valence-corrected chi connectivity index (χ1v) is 9.56. The van der Waals surface area contributed by atoms with Crippen molar-refractivity contribution in [2.45, 2.75) is 6.61 Å². The fourth-order valence-electron chi connectivity index (χ4n) is 2.90. The second-order valence-corrected chi connectivity index (χ2v) is 7.31. The van der Waals surface area contributed by atoms with Crippen LogP contribution in [0.5, 0.6) is 11.5 Å². The summed E-state index contributed by atoms with van der Waals surface area (Å²) in [7, 11) is 0. The maximum absolute atomic E-state index is 12.6. The number of carbonyl (C=O) groups is 1. The van der Waals surface area contributed by atoms with Crippen LogP contribution in [0.1, 0.15) is 21.5 Å². The second kappa shape index (κ2) is 8.18. The molecule has 0 N–H and O–H groups in total. The van der Waals surface area contributed by atoms with E-state index in [1.54, 1.807) is 54.6 Å². The van der Waals surface area contributed by atoms with E-state index < -0.39 is 4.92 Å². The van der Waals surface area contributed by atoms with Gasteiger partial charge >= 0.3 is 0 Å². The molecular formula is C22H13Cl2NO5. The Bertz CT molecular complexity index is 1190. The number of allylic oxidation sites excluding steroid dienone is 1. The van der Waals surface area contributed by atoms with E-state index >= 15 is 0 Å². The van der Waals surface area contributed by atoms with Gasteiger partial charge in [0.25, 0.3) is 5.69 Å². The van der Waals surface area contributed by atoms with Crippen molar-refractivity contribution in [2.75, 3.05) is 0 Å². The molecule has 0 saturated carbocycles. The molecule has 3 aromatic rings. The summed E-state index contributed by atoms with van der Waals surface area (Å²) < 4.78 is 11.4. The monoisotopic (exact) mass is 441 g/mol. The lowest BCUT2D eigenvalue weighted by Crippen LogP contribution is -1.98. The van der Waals surface area contributed by atoms with Gasteiger partial charge in [-0.1, -0.05) is 29.3 Å². The predicted molar refractivity (Wildman–Crippen MR) is 113 cm³/mol. The fraction of sp³-hybridized carbons (Fsp3) is 0.0455. The third-order valence-corrected chi connectivity index (χ3v) is 5.04. The van der Waals surface area contributed by atoms with E-state index in [4.69, 9.17) is 32.7 Å². The van der Waals surface area contributed by atoms with Crippen molar-refractivity contribution in [3.63, 3.8) is 0 Å². The third kappa shape index (κ3) is 4.15. The minimum atomic E-state index is -0.483. The van der Waals surface area contributed by atoms with Crippen molar-refractivity contribution < 1.29 is 19.2 Å². The van der Waals surface area contributed by atoms with E-state index in [0.717, 1.165) is 5.56 Å². The quantitative estimate of drug-likeness (QED) is 0.271. The van der Waals surface area contributed by atoms with E-state index in [-0.39, 0.29) is 23.8 Å². The molecule has 0 fully saturated rings. The number of fused-ring (bicyclic) bond motifs is 1. The summed E-state index contributed by atoms with van der Waals surface area (Å²) in [5, 5.41) is 11.8. The molecule has 0 bridgehead atoms. The Labute approximate surface area is 181 Å². The Hall–Kier alpha value is -3.35. The van der Waals surface area contributed by atoms with E-state index in [2.05, 4.69) is 0 Å². The van der Waals surface area contributed by atoms with Crippen molar-refractivity contribution in [1.82, 2.24) is 0 Å². The number of nitro groups is 1. The smallest absolute Gasteiger partial charge is 0.269 e. The lowest BCUT2D eigenvalue weighted by Gasteiger charge is -2.09. The van der Waals surface area contributed by atoms with Crippen LogP contribution in [0.4, 0.5) is 5.69 Å². The summed E-state index contributed by atoms with van der Waals surface area (Å²) in [5.74, 6) is 0.768. The number of nitrogens with zero attached hydrogens (tertiary/aromatic N) is 1. The summed E-state index contributed by atoms with van der Waals surface area (Å²) in [6.07, 6.45) is 1.54. The molecule has 6 nitrogen and oxygen atoms in total. The van der Waals surface area contributed by atoms with Gasteiger partial charge in [-0.3, -0.25) is 14.9 Å². The van der Waals surface area contributed by atoms with Crippen molar-refractivity contribution in [2.24, 2.45) is 0 Å². The Kier molecular flexibility index (Phi) is 5.44. The normalized spacial score (nSPS) is 13.8. The number of carbonyl (C=O) groups excluding carboxylic acids is 1. The Morgan fingerprint density at radius 1 is 1.03 bits per heavy atom.